The van der Waals surface area contributed by atoms with Gasteiger partial charge in [0.25, 0.3) is 0 Å². The van der Waals surface area contributed by atoms with Gasteiger partial charge in [-0.05, 0) is 19.1 Å². The van der Waals surface area contributed by atoms with E-state index in [0.717, 1.165) is 11.1 Å². The van der Waals surface area contributed by atoms with Crippen molar-refractivity contribution in [1.82, 2.24) is 4.98 Å². The number of ether oxygens (including phenoxy) is 1. The van der Waals surface area contributed by atoms with Crippen LogP contribution in [0.1, 0.15) is 50.1 Å². The minimum absolute atomic E-state index is 0.0109. The fourth-order valence-electron chi connectivity index (χ4n) is 4.30. The van der Waals surface area contributed by atoms with Crippen molar-refractivity contribution in [3.05, 3.63) is 93.5 Å². The van der Waals surface area contributed by atoms with Crippen LogP contribution in [0, 0.1) is 12.1 Å². The zero-order chi connectivity index (χ0) is 23.3. The van der Waals surface area contributed by atoms with Gasteiger partial charge >= 0.3 is 5.97 Å². The second-order valence-corrected chi connectivity index (χ2v) is 8.29. The van der Waals surface area contributed by atoms with Crippen molar-refractivity contribution in [2.75, 3.05) is 6.61 Å². The first-order valence-electron chi connectivity index (χ1n) is 10.5. The fraction of sp³-hybridized carbons (Fsp3) is 0.200. The van der Waals surface area contributed by atoms with Gasteiger partial charge in [0.15, 0.2) is 11.5 Å². The maximum atomic E-state index is 13.2. The van der Waals surface area contributed by atoms with Gasteiger partial charge < -0.3 is 9.94 Å². The second kappa shape index (κ2) is 7.44. The molecule has 33 heavy (non-hydrogen) atoms. The number of aromatic nitrogens is 1. The molecule has 1 aliphatic carbocycles. The number of rotatable bonds is 4. The number of ketones is 2. The van der Waals surface area contributed by atoms with E-state index in [1.165, 1.54) is 6.92 Å². The predicted molar refractivity (Wildman–Crippen MR) is 118 cm³/mol. The summed E-state index contributed by atoms with van der Waals surface area (Å²) in [6, 6.07) is 15.4. The molecule has 0 radical (unpaired) electrons. The molecule has 1 atom stereocenters. The topological polar surface area (TPSA) is 112 Å². The van der Waals surface area contributed by atoms with Crippen LogP contribution in [-0.2, 0) is 4.74 Å². The van der Waals surface area contributed by atoms with E-state index in [-0.39, 0.29) is 35.4 Å². The molecule has 1 aliphatic heterocycles. The Bertz CT molecular complexity index is 1440. The number of carbonyl (C=O) groups is 3. The molecule has 1 unspecified atom stereocenters. The van der Waals surface area contributed by atoms with Crippen molar-refractivity contribution in [3.63, 3.8) is 0 Å². The Balaban J connectivity index is 1.39. The number of pyridine rings is 1. The number of allylic oxidation sites excluding steroid dienone is 1. The lowest BCUT2D eigenvalue weighted by molar-refractivity contribution is -0.587. The van der Waals surface area contributed by atoms with Crippen molar-refractivity contribution in [1.29, 1.82) is 0 Å². The molecule has 0 amide bonds. The van der Waals surface area contributed by atoms with E-state index in [1.54, 1.807) is 36.4 Å². The first-order valence-corrected chi connectivity index (χ1v) is 10.5. The summed E-state index contributed by atoms with van der Waals surface area (Å²) < 4.78 is 5.46. The van der Waals surface area contributed by atoms with Crippen LogP contribution in [0.3, 0.4) is 0 Å². The maximum absolute atomic E-state index is 13.2. The van der Waals surface area contributed by atoms with Crippen LogP contribution >= 0.6 is 0 Å². The lowest BCUT2D eigenvalue weighted by atomic mass is 9.78. The van der Waals surface area contributed by atoms with Crippen molar-refractivity contribution in [2.45, 2.75) is 25.8 Å². The average molecular weight is 441 g/mol. The fourth-order valence-corrected chi connectivity index (χ4v) is 4.30. The summed E-state index contributed by atoms with van der Waals surface area (Å²) in [6.45, 7) is 3.22. The first kappa shape index (κ1) is 20.7. The molecule has 164 valence electrons. The normalized spacial score (nSPS) is 19.4. The monoisotopic (exact) mass is 441 g/mol. The zero-order valence-corrected chi connectivity index (χ0v) is 18.0. The number of hydrogen-bond donors (Lipinski definition) is 0. The predicted octanol–water partition coefficient (Wildman–Crippen LogP) is 4.16. The molecule has 2 heterocycles. The minimum Gasteiger partial charge on any atom is -0.599 e. The quantitative estimate of drug-likeness (QED) is 0.341. The van der Waals surface area contributed by atoms with Crippen molar-refractivity contribution in [3.8, 4) is 0 Å². The molecule has 0 saturated carbocycles. The van der Waals surface area contributed by atoms with Crippen molar-refractivity contribution in [2.24, 2.45) is 5.11 Å². The summed E-state index contributed by atoms with van der Waals surface area (Å²) in [5.41, 5.74) is 0.559. The molecule has 1 aromatic heterocycles. The number of benzene rings is 2. The van der Waals surface area contributed by atoms with Crippen LogP contribution in [-0.4, -0.2) is 39.5 Å². The standard InChI is InChI=1S/C25H19N3O5/c1-14-10-11-15-6-5-9-18(20(15)26-14)24(31)33-13-12-25(2)19-21(27-28(25)32)23(30)17-8-4-3-7-16(17)22(19)29/h3-11H,12-13H2,1-2H3. The molecule has 0 fully saturated rings. The first-order chi connectivity index (χ1) is 15.8. The Kier molecular flexibility index (Phi) is 4.67. The lowest BCUT2D eigenvalue weighted by Gasteiger charge is -2.24. The van der Waals surface area contributed by atoms with Crippen LogP contribution < -0.4 is 0 Å². The number of aryl methyl sites for hydroxylation is 1. The van der Waals surface area contributed by atoms with E-state index in [2.05, 4.69) is 10.1 Å². The molecule has 2 aromatic carbocycles. The van der Waals surface area contributed by atoms with E-state index in [0.29, 0.717) is 15.9 Å². The SMILES string of the molecule is Cc1ccc2cccc(C(=O)OCCC3(C)C4=C(N=[N+]3[O-])C(=O)c3ccccc3C4=O)c2n1. The van der Waals surface area contributed by atoms with Gasteiger partial charge in [0.2, 0.25) is 11.3 Å². The van der Waals surface area contributed by atoms with Crippen LogP contribution in [0.5, 0.6) is 0 Å². The molecule has 0 bridgehead atoms. The summed E-state index contributed by atoms with van der Waals surface area (Å²) in [5, 5.41) is 17.4. The van der Waals surface area contributed by atoms with Gasteiger partial charge in [-0.1, -0.05) is 47.3 Å². The summed E-state index contributed by atoms with van der Waals surface area (Å²) in [7, 11) is 0. The molecule has 2 aliphatic rings. The Labute approximate surface area is 188 Å². The third kappa shape index (κ3) is 3.14. The highest BCUT2D eigenvalue weighted by molar-refractivity contribution is 6.27. The number of hydroxylamine groups is 1. The van der Waals surface area contributed by atoms with E-state index in [4.69, 9.17) is 4.74 Å². The Hall–Kier alpha value is -4.20. The molecule has 0 N–H and O–H groups in total. The van der Waals surface area contributed by atoms with Crippen LogP contribution in [0.15, 0.2) is 71.0 Å². The number of hydrogen-bond acceptors (Lipinski definition) is 7. The van der Waals surface area contributed by atoms with Gasteiger partial charge in [0.05, 0.1) is 24.1 Å². The molecule has 8 nitrogen and oxygen atoms in total. The largest absolute Gasteiger partial charge is 0.599 e. The van der Waals surface area contributed by atoms with Gasteiger partial charge in [-0.15, -0.1) is 0 Å². The molecular formula is C25H19N3O5. The smallest absolute Gasteiger partial charge is 0.340 e. The highest BCUT2D eigenvalue weighted by atomic mass is 16.5. The van der Waals surface area contributed by atoms with Crippen LogP contribution in [0.4, 0.5) is 0 Å². The third-order valence-electron chi connectivity index (χ3n) is 6.15. The van der Waals surface area contributed by atoms with Gasteiger partial charge in [0.1, 0.15) is 5.57 Å². The number of Topliss-reactive ketones (excluding diaryl/α,β-unsaturated/α-hetero) is 2. The van der Waals surface area contributed by atoms with Crippen LogP contribution in [0.25, 0.3) is 10.9 Å². The van der Waals surface area contributed by atoms with Crippen molar-refractivity contribution < 1.29 is 24.0 Å². The summed E-state index contributed by atoms with van der Waals surface area (Å²) in [4.78, 5) is 43.6. The van der Waals surface area contributed by atoms with Gasteiger partial charge in [-0.3, -0.25) is 14.6 Å². The third-order valence-corrected chi connectivity index (χ3v) is 6.15. The summed E-state index contributed by atoms with van der Waals surface area (Å²) in [5.74, 6) is -1.45. The number of esters is 1. The number of carbonyl (C=O) groups excluding carboxylic acids is 3. The van der Waals surface area contributed by atoms with E-state index in [9.17, 15) is 19.6 Å². The molecular weight excluding hydrogens is 422 g/mol. The number of nitrogens with zero attached hydrogens (tertiary/aromatic N) is 3. The Morgan fingerprint density at radius 1 is 1.03 bits per heavy atom. The Morgan fingerprint density at radius 2 is 1.76 bits per heavy atom. The highest BCUT2D eigenvalue weighted by Gasteiger charge is 2.54. The van der Waals surface area contributed by atoms with E-state index in [1.807, 2.05) is 25.1 Å². The van der Waals surface area contributed by atoms with Gasteiger partial charge in [-0.2, -0.15) is 0 Å². The zero-order valence-electron chi connectivity index (χ0n) is 18.0. The van der Waals surface area contributed by atoms with E-state index >= 15 is 0 Å². The number of azo groups is 1. The van der Waals surface area contributed by atoms with Crippen molar-refractivity contribution >= 4 is 28.4 Å². The molecule has 8 heteroatoms. The Morgan fingerprint density at radius 3 is 2.52 bits per heavy atom. The van der Waals surface area contributed by atoms with E-state index < -0.39 is 23.1 Å². The lowest BCUT2D eigenvalue weighted by Crippen LogP contribution is -2.40. The number of para-hydroxylation sites is 1. The highest BCUT2D eigenvalue weighted by Crippen LogP contribution is 2.41. The molecule has 5 rings (SSSR count). The molecule has 0 spiro atoms. The minimum atomic E-state index is -1.43. The summed E-state index contributed by atoms with van der Waals surface area (Å²) >= 11 is 0. The average Bonchev–Trinajstić information content (AvgIpc) is 3.08. The maximum Gasteiger partial charge on any atom is 0.340 e. The second-order valence-electron chi connectivity index (χ2n) is 8.29. The number of fused-ring (bicyclic) bond motifs is 2. The molecule has 3 aromatic rings. The van der Waals surface area contributed by atoms with Gasteiger partial charge in [-0.25, -0.2) is 4.79 Å². The summed E-state index contributed by atoms with van der Waals surface area (Å²) in [6.07, 6.45) is -0.0109. The molecule has 0 saturated heterocycles. The van der Waals surface area contributed by atoms with Gasteiger partial charge in [0, 0.05) is 34.2 Å². The van der Waals surface area contributed by atoms with Crippen LogP contribution in [0.2, 0.25) is 0 Å².